The highest BCUT2D eigenvalue weighted by atomic mass is 16.3. The van der Waals surface area contributed by atoms with E-state index in [-0.39, 0.29) is 12.1 Å². The first-order chi connectivity index (χ1) is 13.6. The Morgan fingerprint density at radius 2 is 1.96 bits per heavy atom. The SMILES string of the molecule is Cn1ncc2c1CCCC2NC(=O)N1CCC(CCc2ccc(O)cc2)CC1. The average molecular weight is 383 g/mol. The van der Waals surface area contributed by atoms with Crippen molar-refractivity contribution in [2.45, 2.75) is 51.0 Å². The van der Waals surface area contributed by atoms with Gasteiger partial charge in [-0.1, -0.05) is 12.1 Å². The molecule has 150 valence electrons. The summed E-state index contributed by atoms with van der Waals surface area (Å²) >= 11 is 0. The van der Waals surface area contributed by atoms with E-state index in [1.807, 2.05) is 35.0 Å². The molecule has 1 aromatic carbocycles. The van der Waals surface area contributed by atoms with Gasteiger partial charge >= 0.3 is 6.03 Å². The number of benzene rings is 1. The Kier molecular flexibility index (Phi) is 5.55. The van der Waals surface area contributed by atoms with Crippen LogP contribution < -0.4 is 5.32 Å². The number of piperidine rings is 1. The maximum absolute atomic E-state index is 12.8. The van der Waals surface area contributed by atoms with E-state index < -0.39 is 0 Å². The Bertz CT molecular complexity index is 806. The van der Waals surface area contributed by atoms with Gasteiger partial charge in [0.25, 0.3) is 0 Å². The predicted molar refractivity (Wildman–Crippen MR) is 108 cm³/mol. The lowest BCUT2D eigenvalue weighted by molar-refractivity contribution is 0.164. The van der Waals surface area contributed by atoms with E-state index in [0.717, 1.165) is 58.0 Å². The molecule has 1 aliphatic heterocycles. The number of aryl methyl sites for hydroxylation is 2. The molecule has 0 bridgehead atoms. The van der Waals surface area contributed by atoms with Crippen LogP contribution in [-0.2, 0) is 19.9 Å². The summed E-state index contributed by atoms with van der Waals surface area (Å²) < 4.78 is 1.94. The molecule has 2 amide bonds. The van der Waals surface area contributed by atoms with E-state index >= 15 is 0 Å². The molecule has 2 heterocycles. The van der Waals surface area contributed by atoms with Crippen LogP contribution in [0, 0.1) is 5.92 Å². The Morgan fingerprint density at radius 3 is 2.71 bits per heavy atom. The van der Waals surface area contributed by atoms with Gasteiger partial charge < -0.3 is 15.3 Å². The highest BCUT2D eigenvalue weighted by Crippen LogP contribution is 2.30. The minimum Gasteiger partial charge on any atom is -0.508 e. The monoisotopic (exact) mass is 382 g/mol. The summed E-state index contributed by atoms with van der Waals surface area (Å²) in [5.41, 5.74) is 3.71. The number of urea groups is 1. The number of nitrogens with one attached hydrogen (secondary N) is 1. The summed E-state index contributed by atoms with van der Waals surface area (Å²) in [6.07, 6.45) is 9.34. The molecular formula is C22H30N4O2. The van der Waals surface area contributed by atoms with E-state index in [1.54, 1.807) is 12.1 Å². The lowest BCUT2D eigenvalue weighted by atomic mass is 9.90. The first-order valence-corrected chi connectivity index (χ1v) is 10.4. The van der Waals surface area contributed by atoms with Gasteiger partial charge in [0.15, 0.2) is 0 Å². The minimum absolute atomic E-state index is 0.0682. The highest BCUT2D eigenvalue weighted by Gasteiger charge is 2.28. The number of aromatic nitrogens is 2. The standard InChI is InChI=1S/C22H30N4O2/c1-25-21-4-2-3-20(19(21)15-23-25)24-22(28)26-13-11-17(12-14-26)6-5-16-7-9-18(27)10-8-16/h7-10,15,17,20,27H,2-6,11-14H2,1H3,(H,24,28). The fraction of sp³-hybridized carbons (Fsp3) is 0.545. The van der Waals surface area contributed by atoms with Crippen LogP contribution in [0.1, 0.15) is 55.0 Å². The molecular weight excluding hydrogens is 352 g/mol. The van der Waals surface area contributed by atoms with Crippen LogP contribution in [0.5, 0.6) is 5.75 Å². The van der Waals surface area contributed by atoms with Gasteiger partial charge in [-0.3, -0.25) is 4.68 Å². The van der Waals surface area contributed by atoms with Gasteiger partial charge in [-0.25, -0.2) is 4.79 Å². The number of hydrogen-bond donors (Lipinski definition) is 2. The number of amides is 2. The molecule has 4 rings (SSSR count). The molecule has 28 heavy (non-hydrogen) atoms. The Hall–Kier alpha value is -2.50. The van der Waals surface area contributed by atoms with Gasteiger partial charge in [-0.05, 0) is 68.6 Å². The molecule has 6 heteroatoms. The lowest BCUT2D eigenvalue weighted by Gasteiger charge is -2.34. The van der Waals surface area contributed by atoms with Gasteiger partial charge in [-0.15, -0.1) is 0 Å². The molecule has 1 atom stereocenters. The van der Waals surface area contributed by atoms with Gasteiger partial charge in [0.2, 0.25) is 0 Å². The molecule has 1 saturated heterocycles. The topological polar surface area (TPSA) is 70.4 Å². The summed E-state index contributed by atoms with van der Waals surface area (Å²) in [5, 5.41) is 17.0. The zero-order valence-corrected chi connectivity index (χ0v) is 16.6. The largest absolute Gasteiger partial charge is 0.508 e. The van der Waals surface area contributed by atoms with Crippen LogP contribution in [0.4, 0.5) is 4.79 Å². The molecule has 1 aliphatic carbocycles. The maximum atomic E-state index is 12.8. The van der Waals surface area contributed by atoms with Crippen molar-refractivity contribution in [2.24, 2.45) is 13.0 Å². The Morgan fingerprint density at radius 1 is 1.21 bits per heavy atom. The van der Waals surface area contributed by atoms with Crippen LogP contribution in [0.3, 0.4) is 0 Å². The number of carbonyl (C=O) groups is 1. The van der Waals surface area contributed by atoms with E-state index in [2.05, 4.69) is 10.4 Å². The van der Waals surface area contributed by atoms with Crippen molar-refractivity contribution in [1.29, 1.82) is 0 Å². The van der Waals surface area contributed by atoms with Crippen LogP contribution >= 0.6 is 0 Å². The van der Waals surface area contributed by atoms with Gasteiger partial charge in [0.1, 0.15) is 5.75 Å². The normalized spacial score (nSPS) is 20.0. The quantitative estimate of drug-likeness (QED) is 0.849. The molecule has 6 nitrogen and oxygen atoms in total. The van der Waals surface area contributed by atoms with Crippen LogP contribution in [0.2, 0.25) is 0 Å². The lowest BCUT2D eigenvalue weighted by Crippen LogP contribution is -2.46. The summed E-state index contributed by atoms with van der Waals surface area (Å²) in [5.74, 6) is 0.983. The van der Waals surface area contributed by atoms with Crippen molar-refractivity contribution in [1.82, 2.24) is 20.0 Å². The third-order valence-electron chi connectivity index (χ3n) is 6.35. The van der Waals surface area contributed by atoms with E-state index in [4.69, 9.17) is 0 Å². The number of likely N-dealkylation sites (tertiary alicyclic amines) is 1. The first kappa shape index (κ1) is 18.8. The van der Waals surface area contributed by atoms with Crippen molar-refractivity contribution in [3.63, 3.8) is 0 Å². The maximum Gasteiger partial charge on any atom is 0.317 e. The van der Waals surface area contributed by atoms with Crippen LogP contribution in [0.25, 0.3) is 0 Å². The second kappa shape index (κ2) is 8.25. The average Bonchev–Trinajstić information content (AvgIpc) is 3.10. The number of hydrogen-bond acceptors (Lipinski definition) is 3. The van der Waals surface area contributed by atoms with Crippen molar-refractivity contribution >= 4 is 6.03 Å². The van der Waals surface area contributed by atoms with Crippen LogP contribution in [0.15, 0.2) is 30.5 Å². The second-order valence-electron chi connectivity index (χ2n) is 8.20. The number of phenolic OH excluding ortho intramolecular Hbond substituents is 1. The number of phenols is 1. The fourth-order valence-corrected chi connectivity index (χ4v) is 4.55. The van der Waals surface area contributed by atoms with Gasteiger partial charge in [-0.2, -0.15) is 5.10 Å². The summed E-state index contributed by atoms with van der Waals surface area (Å²) in [6, 6.07) is 7.65. The fourth-order valence-electron chi connectivity index (χ4n) is 4.55. The second-order valence-corrected chi connectivity index (χ2v) is 8.20. The highest BCUT2D eigenvalue weighted by molar-refractivity contribution is 5.75. The number of carbonyl (C=O) groups excluding carboxylic acids is 1. The predicted octanol–water partition coefficient (Wildman–Crippen LogP) is 3.56. The molecule has 1 fully saturated rings. The first-order valence-electron chi connectivity index (χ1n) is 10.4. The molecule has 0 spiro atoms. The number of rotatable bonds is 4. The van der Waals surface area contributed by atoms with E-state index in [1.165, 1.54) is 16.8 Å². The number of fused-ring (bicyclic) bond motifs is 1. The van der Waals surface area contributed by atoms with Crippen LogP contribution in [-0.4, -0.2) is 38.9 Å². The summed E-state index contributed by atoms with van der Waals surface area (Å²) in [4.78, 5) is 14.7. The zero-order valence-electron chi connectivity index (χ0n) is 16.6. The summed E-state index contributed by atoms with van der Waals surface area (Å²) in [6.45, 7) is 1.66. The van der Waals surface area contributed by atoms with Gasteiger partial charge in [0.05, 0.1) is 12.2 Å². The number of nitrogens with zero attached hydrogens (tertiary/aromatic N) is 3. The third kappa shape index (κ3) is 4.16. The van der Waals surface area contributed by atoms with E-state index in [0.29, 0.717) is 11.7 Å². The zero-order chi connectivity index (χ0) is 19.5. The molecule has 2 N–H and O–H groups in total. The van der Waals surface area contributed by atoms with E-state index in [9.17, 15) is 9.90 Å². The minimum atomic E-state index is 0.0682. The van der Waals surface area contributed by atoms with Crippen molar-refractivity contribution in [2.75, 3.05) is 13.1 Å². The molecule has 2 aliphatic rings. The molecule has 1 unspecified atom stereocenters. The van der Waals surface area contributed by atoms with Crippen molar-refractivity contribution in [3.8, 4) is 5.75 Å². The molecule has 1 aromatic heterocycles. The van der Waals surface area contributed by atoms with Crippen molar-refractivity contribution < 1.29 is 9.90 Å². The Balaban J connectivity index is 1.25. The molecule has 0 saturated carbocycles. The third-order valence-corrected chi connectivity index (χ3v) is 6.35. The molecule has 2 aromatic rings. The summed E-state index contributed by atoms with van der Waals surface area (Å²) in [7, 11) is 1.98. The Labute approximate surface area is 166 Å². The van der Waals surface area contributed by atoms with Crippen molar-refractivity contribution in [3.05, 3.63) is 47.3 Å². The smallest absolute Gasteiger partial charge is 0.317 e. The molecule has 0 radical (unpaired) electrons. The number of aromatic hydroxyl groups is 1. The van der Waals surface area contributed by atoms with Gasteiger partial charge in [0, 0.05) is 31.4 Å².